The van der Waals surface area contributed by atoms with Crippen LogP contribution in [0.3, 0.4) is 0 Å². The third-order valence-electron chi connectivity index (χ3n) is 6.63. The molecule has 190 valence electrons. The Morgan fingerprint density at radius 1 is 1.09 bits per heavy atom. The smallest absolute Gasteiger partial charge is 0.341 e. The van der Waals surface area contributed by atoms with E-state index in [1.807, 2.05) is 22.9 Å². The fourth-order valence-corrected chi connectivity index (χ4v) is 5.14. The number of rotatable bonds is 11. The molecule has 0 spiro atoms. The molecule has 9 heteroatoms. The van der Waals surface area contributed by atoms with Crippen molar-refractivity contribution < 1.29 is 28.8 Å². The van der Waals surface area contributed by atoms with E-state index in [0.717, 1.165) is 36.1 Å². The van der Waals surface area contributed by atoms with Crippen molar-refractivity contribution in [1.29, 1.82) is 0 Å². The van der Waals surface area contributed by atoms with Gasteiger partial charge in [-0.1, -0.05) is 0 Å². The average Bonchev–Trinajstić information content (AvgIpc) is 3.09. The van der Waals surface area contributed by atoms with Crippen LogP contribution in [-0.2, 0) is 14.2 Å². The number of aromatic nitrogens is 1. The molecule has 1 fully saturated rings. The number of hydrogen-bond acceptors (Lipinski definition) is 7. The molecule has 9 nitrogen and oxygen atoms in total. The van der Waals surface area contributed by atoms with Gasteiger partial charge in [-0.2, -0.15) is 0 Å². The van der Waals surface area contributed by atoms with Crippen LogP contribution in [0.15, 0.2) is 35.3 Å². The van der Waals surface area contributed by atoms with Crippen molar-refractivity contribution in [1.82, 2.24) is 4.68 Å². The number of nitrogens with zero attached hydrogens (tertiary/aromatic N) is 2. The Kier molecular flexibility index (Phi) is 7.49. The zero-order chi connectivity index (χ0) is 25.2. The van der Waals surface area contributed by atoms with Crippen molar-refractivity contribution >= 4 is 5.97 Å². The van der Waals surface area contributed by atoms with Crippen LogP contribution in [0.1, 0.15) is 55.1 Å². The Bertz CT molecular complexity index is 1130. The molecule has 0 amide bonds. The molecule has 0 aliphatic carbocycles. The monoisotopic (exact) mass is 486 g/mol. The predicted molar refractivity (Wildman–Crippen MR) is 131 cm³/mol. The van der Waals surface area contributed by atoms with Crippen LogP contribution in [0.2, 0.25) is 0 Å². The summed E-state index contributed by atoms with van der Waals surface area (Å²) in [6, 6.07) is 7.08. The first kappa shape index (κ1) is 25.2. The summed E-state index contributed by atoms with van der Waals surface area (Å²) < 4.78 is 24.5. The highest BCUT2D eigenvalue weighted by Crippen LogP contribution is 2.49. The largest absolute Gasteiger partial charge is 0.493 e. The molecule has 0 radical (unpaired) electrons. The molecule has 2 aromatic rings. The molecule has 0 saturated carbocycles. The number of hydrogen-bond donors (Lipinski definition) is 1. The van der Waals surface area contributed by atoms with Crippen molar-refractivity contribution in [2.24, 2.45) is 0 Å². The van der Waals surface area contributed by atoms with Gasteiger partial charge in [-0.15, -0.1) is 0 Å². The van der Waals surface area contributed by atoms with E-state index in [1.165, 1.54) is 12.3 Å². The van der Waals surface area contributed by atoms with E-state index < -0.39 is 11.4 Å². The molecule has 1 aromatic heterocycles. The number of ether oxygens (including phenoxy) is 4. The maximum Gasteiger partial charge on any atom is 0.341 e. The number of carboxylic acid groups (broad SMARTS) is 1. The summed E-state index contributed by atoms with van der Waals surface area (Å²) in [6.07, 6.45) is 3.60. The van der Waals surface area contributed by atoms with Crippen molar-refractivity contribution in [3.05, 3.63) is 51.8 Å². The second kappa shape index (κ2) is 10.4. The van der Waals surface area contributed by atoms with Crippen LogP contribution < -0.4 is 15.2 Å². The Morgan fingerprint density at radius 3 is 2.49 bits per heavy atom. The number of carbonyl (C=O) groups is 1. The molecule has 35 heavy (non-hydrogen) atoms. The fraction of sp³-hybridized carbons (Fsp3) is 0.538. The number of benzene rings is 1. The van der Waals surface area contributed by atoms with Crippen LogP contribution in [0.4, 0.5) is 0 Å². The lowest BCUT2D eigenvalue weighted by atomic mass is 9.92. The summed E-state index contributed by atoms with van der Waals surface area (Å²) in [4.78, 5) is 24.4. The SMILES string of the molecule is COCCCOc1ccc2c(c1)C1C(OCCCOC)CC(C)(C)N1n1cc(C(=O)O)c(=O)cc1-2. The highest BCUT2D eigenvalue weighted by atomic mass is 16.5. The molecule has 4 rings (SSSR count). The van der Waals surface area contributed by atoms with Crippen LogP contribution >= 0.6 is 0 Å². The number of aromatic carboxylic acids is 1. The molecule has 0 bridgehead atoms. The zero-order valence-corrected chi connectivity index (χ0v) is 20.8. The van der Waals surface area contributed by atoms with Crippen molar-refractivity contribution in [3.8, 4) is 17.0 Å². The summed E-state index contributed by atoms with van der Waals surface area (Å²) in [5.41, 5.74) is 1.40. The van der Waals surface area contributed by atoms with E-state index in [0.29, 0.717) is 32.1 Å². The van der Waals surface area contributed by atoms with Gasteiger partial charge in [0, 0.05) is 64.7 Å². The van der Waals surface area contributed by atoms with Gasteiger partial charge in [0.05, 0.1) is 30.0 Å². The third-order valence-corrected chi connectivity index (χ3v) is 6.63. The minimum Gasteiger partial charge on any atom is -0.493 e. The van der Waals surface area contributed by atoms with Gasteiger partial charge in [-0.3, -0.25) is 14.5 Å². The lowest BCUT2D eigenvalue weighted by Crippen LogP contribution is -2.50. The zero-order valence-electron chi connectivity index (χ0n) is 20.8. The maximum atomic E-state index is 12.6. The predicted octanol–water partition coefficient (Wildman–Crippen LogP) is 3.23. The van der Waals surface area contributed by atoms with E-state index in [1.54, 1.807) is 14.2 Å². The van der Waals surface area contributed by atoms with Crippen molar-refractivity contribution in [3.63, 3.8) is 0 Å². The molecule has 1 saturated heterocycles. The highest BCUT2D eigenvalue weighted by Gasteiger charge is 2.51. The van der Waals surface area contributed by atoms with Crippen LogP contribution in [0.25, 0.3) is 11.3 Å². The normalized spacial score (nSPS) is 19.7. The third kappa shape index (κ3) is 4.94. The van der Waals surface area contributed by atoms with E-state index in [-0.39, 0.29) is 23.2 Å². The van der Waals surface area contributed by atoms with Gasteiger partial charge in [0.15, 0.2) is 5.43 Å². The van der Waals surface area contributed by atoms with Crippen molar-refractivity contribution in [2.75, 3.05) is 45.7 Å². The molecule has 1 aromatic carbocycles. The van der Waals surface area contributed by atoms with E-state index in [9.17, 15) is 14.7 Å². The Labute approximate surface area is 205 Å². The maximum absolute atomic E-state index is 12.6. The van der Waals surface area contributed by atoms with Gasteiger partial charge >= 0.3 is 5.97 Å². The Morgan fingerprint density at radius 2 is 1.80 bits per heavy atom. The number of methoxy groups -OCH3 is 2. The minimum atomic E-state index is -1.24. The Balaban J connectivity index is 1.79. The van der Waals surface area contributed by atoms with Gasteiger partial charge in [0.2, 0.25) is 0 Å². The van der Waals surface area contributed by atoms with Crippen LogP contribution in [0.5, 0.6) is 5.75 Å². The molecule has 2 atom stereocenters. The summed E-state index contributed by atoms with van der Waals surface area (Å²) >= 11 is 0. The fourth-order valence-electron chi connectivity index (χ4n) is 5.14. The average molecular weight is 487 g/mol. The quantitative estimate of drug-likeness (QED) is 0.484. The van der Waals surface area contributed by atoms with E-state index in [2.05, 4.69) is 18.9 Å². The molecular weight excluding hydrogens is 452 g/mol. The minimum absolute atomic E-state index is 0.134. The second-order valence-electron chi connectivity index (χ2n) is 9.59. The molecule has 2 aliphatic rings. The number of carboxylic acids is 1. The Hall–Kier alpha value is -2.88. The summed E-state index contributed by atoms with van der Waals surface area (Å²) in [5.74, 6) is -0.502. The molecular formula is C26H34N2O7. The first-order valence-electron chi connectivity index (χ1n) is 11.9. The van der Waals surface area contributed by atoms with Gasteiger partial charge < -0.3 is 24.1 Å². The number of fused-ring (bicyclic) bond motifs is 6. The first-order chi connectivity index (χ1) is 16.8. The standard InChI is InChI=1S/C26H34N2O7/c1-26(2)15-23(35-12-6-10-33-4)24-19-13-17(34-11-5-9-32-3)7-8-18(19)21-14-22(29)20(25(30)31)16-27(21)28(24)26/h7-8,13-14,16,23-24H,5-6,9-12,15H2,1-4H3,(H,30,31). The highest BCUT2D eigenvalue weighted by molar-refractivity contribution is 5.88. The van der Waals surface area contributed by atoms with E-state index in [4.69, 9.17) is 18.9 Å². The van der Waals surface area contributed by atoms with Gasteiger partial charge in [0.1, 0.15) is 11.3 Å². The number of pyridine rings is 1. The molecule has 3 heterocycles. The summed E-state index contributed by atoms with van der Waals surface area (Å²) in [6.45, 7) is 6.54. The van der Waals surface area contributed by atoms with Gasteiger partial charge in [0.25, 0.3) is 0 Å². The lowest BCUT2D eigenvalue weighted by Gasteiger charge is -2.44. The lowest BCUT2D eigenvalue weighted by molar-refractivity contribution is 0.0307. The molecule has 1 N–H and O–H groups in total. The first-order valence-corrected chi connectivity index (χ1v) is 11.9. The molecule has 2 unspecified atom stereocenters. The van der Waals surface area contributed by atoms with E-state index >= 15 is 0 Å². The summed E-state index contributed by atoms with van der Waals surface area (Å²) in [5, 5.41) is 11.8. The molecule has 2 aliphatic heterocycles. The van der Waals surface area contributed by atoms with Crippen LogP contribution in [0, 0.1) is 0 Å². The second-order valence-corrected chi connectivity index (χ2v) is 9.59. The van der Waals surface area contributed by atoms with Gasteiger partial charge in [-0.05, 0) is 44.0 Å². The van der Waals surface area contributed by atoms with Crippen molar-refractivity contribution in [2.45, 2.75) is 50.8 Å². The topological polar surface area (TPSA) is 99.5 Å². The van der Waals surface area contributed by atoms with Gasteiger partial charge in [-0.25, -0.2) is 4.79 Å². The van der Waals surface area contributed by atoms with Crippen LogP contribution in [-0.4, -0.2) is 68.0 Å². The summed E-state index contributed by atoms with van der Waals surface area (Å²) in [7, 11) is 3.33.